The molecule has 2 N–H and O–H groups in total. The molecule has 0 spiro atoms. The third-order valence-electron chi connectivity index (χ3n) is 10.2. The highest BCUT2D eigenvalue weighted by Crippen LogP contribution is 2.38. The standard InChI is InChI=1S/C37H54N6O2SSi/c1-9-15-27(24-37(5,6)46(38)44)31-17-14-18-32(41-31)28-22-33(42-20-11-10-12-21-42)30-25-39-43(34(30)23-28)35-19-13-16-29(40-35)26-45-47(7,8)36(2,3)4/h13-14,16-19,22-23,25,27H,9-12,15,20-21,24,26,38H2,1-8H3/t27-,46?/m0/s1. The number of anilines is 1. The number of nitrogens with two attached hydrogens (primary N) is 1. The molecule has 0 aliphatic carbocycles. The van der Waals surface area contributed by atoms with Crippen molar-refractivity contribution in [2.75, 3.05) is 18.0 Å². The number of pyridine rings is 2. The van der Waals surface area contributed by atoms with Gasteiger partial charge in [-0.05, 0) is 100 Å². The van der Waals surface area contributed by atoms with Crippen LogP contribution in [0.25, 0.3) is 28.0 Å². The number of rotatable bonds is 12. The highest BCUT2D eigenvalue weighted by Gasteiger charge is 2.37. The fourth-order valence-electron chi connectivity index (χ4n) is 6.19. The van der Waals surface area contributed by atoms with E-state index >= 15 is 0 Å². The Hall–Kier alpha value is -2.92. The topological polar surface area (TPSA) is 99.2 Å². The van der Waals surface area contributed by atoms with Crippen molar-refractivity contribution in [3.8, 4) is 17.1 Å². The minimum Gasteiger partial charge on any atom is -0.411 e. The number of hydrogen-bond donors (Lipinski definition) is 1. The van der Waals surface area contributed by atoms with Crippen molar-refractivity contribution in [1.29, 1.82) is 0 Å². The summed E-state index contributed by atoms with van der Waals surface area (Å²) in [6.45, 7) is 20.0. The summed E-state index contributed by atoms with van der Waals surface area (Å²) in [6.07, 6.45) is 8.31. The van der Waals surface area contributed by atoms with E-state index in [0.717, 1.165) is 65.3 Å². The molecule has 1 aliphatic rings. The van der Waals surface area contributed by atoms with Crippen LogP contribution in [0.3, 0.4) is 0 Å². The maximum atomic E-state index is 12.3. The molecule has 1 saturated heterocycles. The molecule has 5 rings (SSSR count). The highest BCUT2D eigenvalue weighted by atomic mass is 32.2. The fourth-order valence-corrected chi connectivity index (χ4v) is 7.50. The van der Waals surface area contributed by atoms with Gasteiger partial charge in [0.15, 0.2) is 14.1 Å². The third kappa shape index (κ3) is 8.04. The predicted molar refractivity (Wildman–Crippen MR) is 199 cm³/mol. The van der Waals surface area contributed by atoms with E-state index in [1.54, 1.807) is 0 Å². The zero-order valence-electron chi connectivity index (χ0n) is 29.7. The van der Waals surface area contributed by atoms with Gasteiger partial charge in [-0.25, -0.2) is 13.9 Å². The second-order valence-corrected chi connectivity index (χ2v) is 21.8. The van der Waals surface area contributed by atoms with E-state index in [1.165, 1.54) is 24.9 Å². The van der Waals surface area contributed by atoms with Gasteiger partial charge in [0, 0.05) is 41.3 Å². The van der Waals surface area contributed by atoms with E-state index < -0.39 is 24.1 Å². The Morgan fingerprint density at radius 3 is 2.40 bits per heavy atom. The molecule has 4 heterocycles. The summed E-state index contributed by atoms with van der Waals surface area (Å²) in [7, 11) is -3.34. The monoisotopic (exact) mass is 674 g/mol. The van der Waals surface area contributed by atoms with Gasteiger partial charge in [-0.15, -0.1) is 0 Å². The minimum absolute atomic E-state index is 0.130. The zero-order chi connectivity index (χ0) is 34.0. The number of benzene rings is 1. The normalized spacial score (nSPS) is 16.1. The van der Waals surface area contributed by atoms with Gasteiger partial charge in [-0.2, -0.15) is 5.10 Å². The average molecular weight is 675 g/mol. The summed E-state index contributed by atoms with van der Waals surface area (Å²) in [4.78, 5) is 12.8. The smallest absolute Gasteiger partial charge is 0.192 e. The van der Waals surface area contributed by atoms with Crippen molar-refractivity contribution in [1.82, 2.24) is 19.7 Å². The number of aromatic nitrogens is 4. The van der Waals surface area contributed by atoms with Gasteiger partial charge in [0.2, 0.25) is 0 Å². The molecule has 0 bridgehead atoms. The van der Waals surface area contributed by atoms with E-state index in [-0.39, 0.29) is 11.0 Å². The molecule has 0 radical (unpaired) electrons. The van der Waals surface area contributed by atoms with Crippen LogP contribution in [-0.4, -0.2) is 50.1 Å². The van der Waals surface area contributed by atoms with Crippen molar-refractivity contribution in [2.45, 2.75) is 115 Å². The number of nitrogens with zero attached hydrogens (tertiary/aromatic N) is 5. The Balaban J connectivity index is 1.57. The molecule has 4 aromatic rings. The summed E-state index contributed by atoms with van der Waals surface area (Å²) < 4.78 is 20.3. The Labute approximate surface area is 285 Å². The van der Waals surface area contributed by atoms with Crippen molar-refractivity contribution in [3.05, 3.63) is 66.1 Å². The Kier molecular flexibility index (Phi) is 10.8. The second kappa shape index (κ2) is 14.3. The molecule has 1 aliphatic heterocycles. The van der Waals surface area contributed by atoms with Crippen LogP contribution in [0.4, 0.5) is 5.69 Å². The summed E-state index contributed by atoms with van der Waals surface area (Å²) in [5, 5.41) is 12.1. The van der Waals surface area contributed by atoms with Crippen LogP contribution in [0, 0.1) is 0 Å². The summed E-state index contributed by atoms with van der Waals surface area (Å²) in [5.74, 6) is 0.943. The Bertz CT molecular complexity index is 1710. The first kappa shape index (κ1) is 35.4. The summed E-state index contributed by atoms with van der Waals surface area (Å²) in [6, 6.07) is 16.9. The molecule has 10 heteroatoms. The van der Waals surface area contributed by atoms with Crippen molar-refractivity contribution in [2.24, 2.45) is 5.14 Å². The lowest BCUT2D eigenvalue weighted by Crippen LogP contribution is -2.40. The molecule has 47 heavy (non-hydrogen) atoms. The molecule has 1 aromatic carbocycles. The van der Waals surface area contributed by atoms with Crippen LogP contribution >= 0.6 is 0 Å². The van der Waals surface area contributed by atoms with Gasteiger partial charge in [-0.3, -0.25) is 10.1 Å². The van der Waals surface area contributed by atoms with Crippen LogP contribution in [0.15, 0.2) is 54.7 Å². The highest BCUT2D eigenvalue weighted by molar-refractivity contribution is 7.84. The lowest BCUT2D eigenvalue weighted by molar-refractivity contribution is 0.272. The van der Waals surface area contributed by atoms with Gasteiger partial charge < -0.3 is 9.33 Å². The van der Waals surface area contributed by atoms with Gasteiger partial charge in [0.1, 0.15) is 0 Å². The van der Waals surface area contributed by atoms with E-state index in [2.05, 4.69) is 76.0 Å². The molecule has 0 saturated carbocycles. The van der Waals surface area contributed by atoms with Crippen LogP contribution in [0.1, 0.15) is 97.4 Å². The SMILES string of the molecule is CCC[C@@H](CC(C)(C)S(N)=O)c1cccc(-c2cc(N3CCCCC3)c3cnn(-c4cccc(CO[Si](C)(C)C(C)(C)C)n4)c3c2)n1. The molecular formula is C37H54N6O2SSi. The minimum atomic E-state index is -1.92. The first-order chi connectivity index (χ1) is 22.2. The number of fused-ring (bicyclic) bond motifs is 1. The molecule has 1 fully saturated rings. The van der Waals surface area contributed by atoms with E-state index in [1.807, 2.05) is 42.9 Å². The molecule has 254 valence electrons. The number of piperidine rings is 1. The van der Waals surface area contributed by atoms with Crippen LogP contribution in [0.2, 0.25) is 18.1 Å². The van der Waals surface area contributed by atoms with Gasteiger partial charge in [0.25, 0.3) is 0 Å². The third-order valence-corrected chi connectivity index (χ3v) is 15.9. The van der Waals surface area contributed by atoms with Crippen molar-refractivity contribution in [3.63, 3.8) is 0 Å². The Morgan fingerprint density at radius 2 is 1.72 bits per heavy atom. The van der Waals surface area contributed by atoms with Crippen molar-refractivity contribution < 1.29 is 8.63 Å². The quantitative estimate of drug-likeness (QED) is 0.151. The molecule has 1 unspecified atom stereocenters. The van der Waals surface area contributed by atoms with Crippen molar-refractivity contribution >= 4 is 35.9 Å². The lowest BCUT2D eigenvalue weighted by atomic mass is 9.89. The first-order valence-corrected chi connectivity index (χ1v) is 21.3. The molecule has 3 aromatic heterocycles. The predicted octanol–water partition coefficient (Wildman–Crippen LogP) is 8.67. The van der Waals surface area contributed by atoms with Crippen LogP contribution in [0.5, 0.6) is 0 Å². The number of hydrogen-bond acceptors (Lipinski definition) is 6. The van der Waals surface area contributed by atoms with Gasteiger partial charge in [0.05, 0.1) is 45.4 Å². The van der Waals surface area contributed by atoms with E-state index in [0.29, 0.717) is 13.0 Å². The van der Waals surface area contributed by atoms with Crippen LogP contribution < -0.4 is 10.0 Å². The molecule has 2 atom stereocenters. The Morgan fingerprint density at radius 1 is 1.00 bits per heavy atom. The first-order valence-electron chi connectivity index (χ1n) is 17.2. The zero-order valence-corrected chi connectivity index (χ0v) is 31.5. The molecule has 8 nitrogen and oxygen atoms in total. The summed E-state index contributed by atoms with van der Waals surface area (Å²) in [5.41, 5.74) is 6.10. The molecular weight excluding hydrogens is 621 g/mol. The van der Waals surface area contributed by atoms with Crippen LogP contribution in [-0.2, 0) is 22.0 Å². The summed E-state index contributed by atoms with van der Waals surface area (Å²) >= 11 is 0. The fraction of sp³-hybridized carbons (Fsp3) is 0.541. The maximum absolute atomic E-state index is 12.3. The van der Waals surface area contributed by atoms with Gasteiger partial charge >= 0.3 is 0 Å². The van der Waals surface area contributed by atoms with Gasteiger partial charge in [-0.1, -0.05) is 46.2 Å². The second-order valence-electron chi connectivity index (χ2n) is 15.3. The van der Waals surface area contributed by atoms with E-state index in [9.17, 15) is 4.21 Å². The average Bonchev–Trinajstić information content (AvgIpc) is 3.47. The molecule has 0 amide bonds. The largest absolute Gasteiger partial charge is 0.411 e. The van der Waals surface area contributed by atoms with E-state index in [4.69, 9.17) is 24.6 Å². The lowest BCUT2D eigenvalue weighted by Gasteiger charge is -2.36. The maximum Gasteiger partial charge on any atom is 0.192 e.